The van der Waals surface area contributed by atoms with Crippen molar-refractivity contribution in [3.63, 3.8) is 0 Å². The number of nitrogens with one attached hydrogen (secondary N) is 1. The number of aromatic nitrogens is 2. The van der Waals surface area contributed by atoms with Crippen LogP contribution in [0.4, 0.5) is 4.79 Å². The van der Waals surface area contributed by atoms with Gasteiger partial charge in [0.15, 0.2) is 0 Å². The van der Waals surface area contributed by atoms with Gasteiger partial charge in [-0.05, 0) is 25.5 Å². The zero-order valence-corrected chi connectivity index (χ0v) is 11.2. The lowest BCUT2D eigenvalue weighted by Gasteiger charge is -2.23. The van der Waals surface area contributed by atoms with Crippen molar-refractivity contribution in [1.82, 2.24) is 19.8 Å². The van der Waals surface area contributed by atoms with Crippen LogP contribution in [0.1, 0.15) is 10.9 Å². The maximum Gasteiger partial charge on any atom is 0.326 e. The summed E-state index contributed by atoms with van der Waals surface area (Å²) in [6.07, 6.45) is 4.71. The molecule has 5 nitrogen and oxygen atoms in total. The number of carbonyl (C=O) groups is 1. The van der Waals surface area contributed by atoms with E-state index in [-0.39, 0.29) is 12.1 Å². The fourth-order valence-electron chi connectivity index (χ4n) is 1.67. The molecule has 2 rings (SSSR count). The number of hydrogen-bond acceptors (Lipinski definition) is 4. The van der Waals surface area contributed by atoms with E-state index in [9.17, 15) is 4.79 Å². The zero-order valence-electron chi connectivity index (χ0n) is 10.4. The van der Waals surface area contributed by atoms with Crippen molar-refractivity contribution in [1.29, 1.82) is 0 Å². The Bertz CT molecular complexity index is 478. The highest BCUT2D eigenvalue weighted by Crippen LogP contribution is 2.22. The summed E-state index contributed by atoms with van der Waals surface area (Å²) >= 11 is 1.70. The molecule has 0 aromatic carbocycles. The number of thiophene rings is 1. The first-order valence-corrected chi connectivity index (χ1v) is 6.52. The maximum atomic E-state index is 11.8. The summed E-state index contributed by atoms with van der Waals surface area (Å²) in [6, 6.07) is 4.14. The predicted octanol–water partition coefficient (Wildman–Crippen LogP) is 1.81. The number of amides is 1. The van der Waals surface area contributed by atoms with E-state index < -0.39 is 0 Å². The molecular weight excluding hydrogens is 248 g/mol. The molecule has 0 radical (unpaired) electrons. The Balaban J connectivity index is 1.97. The zero-order chi connectivity index (χ0) is 13.0. The molecule has 1 amide bonds. The summed E-state index contributed by atoms with van der Waals surface area (Å²) in [5.41, 5.74) is 0. The number of nitrogens with zero attached hydrogens (tertiary/aromatic N) is 3. The molecule has 96 valence electrons. The third-order valence-corrected chi connectivity index (χ3v) is 3.65. The van der Waals surface area contributed by atoms with Crippen LogP contribution in [0, 0.1) is 0 Å². The van der Waals surface area contributed by atoms with Gasteiger partial charge in [0.1, 0.15) is 6.33 Å². The van der Waals surface area contributed by atoms with Gasteiger partial charge in [-0.25, -0.2) is 9.78 Å². The largest absolute Gasteiger partial charge is 0.335 e. The molecule has 1 N–H and O–H groups in total. The Morgan fingerprint density at radius 1 is 1.61 bits per heavy atom. The van der Waals surface area contributed by atoms with Gasteiger partial charge in [0, 0.05) is 23.8 Å². The van der Waals surface area contributed by atoms with Crippen molar-refractivity contribution in [3.05, 3.63) is 41.1 Å². The molecule has 18 heavy (non-hydrogen) atoms. The third kappa shape index (κ3) is 2.96. The molecule has 0 bridgehead atoms. The van der Waals surface area contributed by atoms with Crippen LogP contribution in [0.25, 0.3) is 0 Å². The Labute approximate surface area is 110 Å². The number of rotatable bonds is 4. The van der Waals surface area contributed by atoms with Crippen LogP contribution < -0.4 is 5.32 Å². The summed E-state index contributed by atoms with van der Waals surface area (Å²) < 4.78 is 1.43. The minimum atomic E-state index is -0.157. The van der Waals surface area contributed by atoms with Gasteiger partial charge in [0.2, 0.25) is 0 Å². The highest BCUT2D eigenvalue weighted by Gasteiger charge is 2.16. The quantitative estimate of drug-likeness (QED) is 0.916. The van der Waals surface area contributed by atoms with E-state index in [0.717, 1.165) is 0 Å². The topological polar surface area (TPSA) is 50.2 Å². The predicted molar refractivity (Wildman–Crippen MR) is 71.8 cm³/mol. The van der Waals surface area contributed by atoms with Crippen LogP contribution in [0.2, 0.25) is 0 Å². The van der Waals surface area contributed by atoms with Gasteiger partial charge in [-0.2, -0.15) is 0 Å². The maximum absolute atomic E-state index is 11.8. The Kier molecular flexibility index (Phi) is 4.11. The van der Waals surface area contributed by atoms with Crippen molar-refractivity contribution in [2.45, 2.75) is 6.04 Å². The van der Waals surface area contributed by atoms with Crippen molar-refractivity contribution in [2.75, 3.05) is 20.6 Å². The average Bonchev–Trinajstić information content (AvgIpc) is 3.01. The number of hydrogen-bond donors (Lipinski definition) is 1. The van der Waals surface area contributed by atoms with E-state index in [4.69, 9.17) is 0 Å². The summed E-state index contributed by atoms with van der Waals surface area (Å²) in [7, 11) is 4.02. The highest BCUT2D eigenvalue weighted by molar-refractivity contribution is 7.10. The van der Waals surface area contributed by atoms with Gasteiger partial charge in [-0.3, -0.25) is 4.57 Å². The fraction of sp³-hybridized carbons (Fsp3) is 0.333. The molecule has 0 aliphatic carbocycles. The first-order valence-electron chi connectivity index (χ1n) is 5.64. The second kappa shape index (κ2) is 5.79. The molecule has 0 saturated carbocycles. The van der Waals surface area contributed by atoms with Crippen molar-refractivity contribution in [3.8, 4) is 0 Å². The second-order valence-electron chi connectivity index (χ2n) is 4.15. The minimum absolute atomic E-state index is 0.157. The number of carbonyl (C=O) groups excluding carboxylic acids is 1. The van der Waals surface area contributed by atoms with Crippen LogP contribution in [-0.2, 0) is 0 Å². The molecule has 2 heterocycles. The molecule has 2 aromatic heterocycles. The SMILES string of the molecule is CN(C)C(CNC(=O)n1ccnc1)c1cccs1. The standard InChI is InChI=1S/C12H16N4OS/c1-15(2)10(11-4-3-7-18-11)8-14-12(17)16-6-5-13-9-16/h3-7,9-10H,8H2,1-2H3,(H,14,17). The van der Waals surface area contributed by atoms with E-state index in [1.165, 1.54) is 15.8 Å². The van der Waals surface area contributed by atoms with Crippen LogP contribution >= 0.6 is 11.3 Å². The molecule has 0 aliphatic heterocycles. The lowest BCUT2D eigenvalue weighted by Crippen LogP contribution is -2.36. The molecular formula is C12H16N4OS. The van der Waals surface area contributed by atoms with E-state index in [2.05, 4.69) is 21.3 Å². The molecule has 2 aromatic rings. The summed E-state index contributed by atoms with van der Waals surface area (Å²) in [5, 5.41) is 4.95. The molecule has 0 aliphatic rings. The van der Waals surface area contributed by atoms with Gasteiger partial charge in [-0.1, -0.05) is 6.07 Å². The lowest BCUT2D eigenvalue weighted by molar-refractivity contribution is 0.234. The monoisotopic (exact) mass is 264 g/mol. The van der Waals surface area contributed by atoms with Gasteiger partial charge >= 0.3 is 6.03 Å². The van der Waals surface area contributed by atoms with E-state index in [0.29, 0.717) is 6.54 Å². The third-order valence-electron chi connectivity index (χ3n) is 2.68. The summed E-state index contributed by atoms with van der Waals surface area (Å²) in [6.45, 7) is 0.574. The van der Waals surface area contributed by atoms with Crippen molar-refractivity contribution >= 4 is 17.4 Å². The Morgan fingerprint density at radius 3 is 3.00 bits per heavy atom. The first kappa shape index (κ1) is 12.8. The van der Waals surface area contributed by atoms with Gasteiger partial charge < -0.3 is 10.2 Å². The molecule has 1 unspecified atom stereocenters. The molecule has 1 atom stereocenters. The number of imidazole rings is 1. The van der Waals surface area contributed by atoms with Gasteiger partial charge in [-0.15, -0.1) is 11.3 Å². The van der Waals surface area contributed by atoms with Crippen LogP contribution in [0.15, 0.2) is 36.2 Å². The van der Waals surface area contributed by atoms with Crippen LogP contribution in [0.3, 0.4) is 0 Å². The van der Waals surface area contributed by atoms with E-state index in [1.807, 2.05) is 25.5 Å². The smallest absolute Gasteiger partial charge is 0.326 e. The molecule has 6 heteroatoms. The molecule has 0 saturated heterocycles. The fourth-order valence-corrected chi connectivity index (χ4v) is 2.60. The average molecular weight is 264 g/mol. The Hall–Kier alpha value is -1.66. The number of likely N-dealkylation sites (N-methyl/N-ethyl adjacent to an activating group) is 1. The Morgan fingerprint density at radius 2 is 2.44 bits per heavy atom. The van der Waals surface area contributed by atoms with Crippen molar-refractivity contribution in [2.24, 2.45) is 0 Å². The van der Waals surface area contributed by atoms with Crippen LogP contribution in [0.5, 0.6) is 0 Å². The summed E-state index contributed by atoms with van der Waals surface area (Å²) in [5.74, 6) is 0. The summed E-state index contributed by atoms with van der Waals surface area (Å²) in [4.78, 5) is 19.0. The first-order chi connectivity index (χ1) is 8.68. The minimum Gasteiger partial charge on any atom is -0.335 e. The lowest BCUT2D eigenvalue weighted by atomic mass is 10.2. The van der Waals surface area contributed by atoms with E-state index in [1.54, 1.807) is 23.7 Å². The van der Waals surface area contributed by atoms with Crippen LogP contribution in [-0.4, -0.2) is 41.1 Å². The highest BCUT2D eigenvalue weighted by atomic mass is 32.1. The normalized spacial score (nSPS) is 12.6. The van der Waals surface area contributed by atoms with Crippen molar-refractivity contribution < 1.29 is 4.79 Å². The van der Waals surface area contributed by atoms with Gasteiger partial charge in [0.25, 0.3) is 0 Å². The second-order valence-corrected chi connectivity index (χ2v) is 5.13. The molecule has 0 fully saturated rings. The molecule has 0 spiro atoms. The van der Waals surface area contributed by atoms with Gasteiger partial charge in [0.05, 0.1) is 6.04 Å². The van der Waals surface area contributed by atoms with E-state index >= 15 is 0 Å².